The third-order valence-electron chi connectivity index (χ3n) is 1.66. The molecule has 0 aliphatic heterocycles. The number of halogens is 1. The number of ketones is 1. The van der Waals surface area contributed by atoms with Crippen LogP contribution >= 0.6 is 15.9 Å². The monoisotopic (exact) mass is 228 g/mol. The van der Waals surface area contributed by atoms with Crippen molar-refractivity contribution < 1.29 is 4.79 Å². The Balaban J connectivity index is 3.16. The van der Waals surface area contributed by atoms with Gasteiger partial charge in [0, 0.05) is 17.3 Å². The summed E-state index contributed by atoms with van der Waals surface area (Å²) in [5.74, 6) is 0.448. The fourth-order valence-corrected chi connectivity index (χ4v) is 1.23. The lowest BCUT2D eigenvalue weighted by molar-refractivity contribution is 0.102. The molecule has 1 aromatic rings. The predicted molar refractivity (Wildman–Crippen MR) is 51.5 cm³/mol. The van der Waals surface area contributed by atoms with E-state index in [1.54, 1.807) is 13.0 Å². The molecule has 0 saturated heterocycles. The summed E-state index contributed by atoms with van der Waals surface area (Å²) in [5, 5.41) is 0.317. The van der Waals surface area contributed by atoms with Gasteiger partial charge in [-0.15, -0.1) is 0 Å². The van der Waals surface area contributed by atoms with E-state index in [1.165, 1.54) is 6.20 Å². The lowest BCUT2D eigenvalue weighted by Gasteiger charge is -2.03. The summed E-state index contributed by atoms with van der Waals surface area (Å²) in [7, 11) is 0. The molecule has 0 amide bonds. The lowest BCUT2D eigenvalue weighted by Crippen LogP contribution is -2.06. The van der Waals surface area contributed by atoms with Crippen molar-refractivity contribution in [2.45, 2.75) is 6.92 Å². The van der Waals surface area contributed by atoms with Gasteiger partial charge in [0.15, 0.2) is 5.78 Å². The van der Waals surface area contributed by atoms with E-state index >= 15 is 0 Å². The standard InChI is InChI=1S/C8H9BrN2O/c1-5-6(7(12)4-9)2-3-11-8(5)10/h2-3H,4H2,1H3,(H2,10,11). The molecule has 1 aromatic heterocycles. The van der Waals surface area contributed by atoms with E-state index in [9.17, 15) is 4.79 Å². The quantitative estimate of drug-likeness (QED) is 0.618. The molecule has 64 valence electrons. The zero-order valence-corrected chi connectivity index (χ0v) is 8.26. The fourth-order valence-electron chi connectivity index (χ4n) is 0.926. The van der Waals surface area contributed by atoms with Gasteiger partial charge < -0.3 is 5.73 Å². The molecule has 1 rings (SSSR count). The molecule has 12 heavy (non-hydrogen) atoms. The molecule has 0 spiro atoms. The van der Waals surface area contributed by atoms with Crippen LogP contribution in [0.1, 0.15) is 15.9 Å². The summed E-state index contributed by atoms with van der Waals surface area (Å²) in [5.41, 5.74) is 6.92. The van der Waals surface area contributed by atoms with Gasteiger partial charge in [-0.05, 0) is 13.0 Å². The van der Waals surface area contributed by atoms with Crippen LogP contribution in [0.15, 0.2) is 12.3 Å². The fraction of sp³-hybridized carbons (Fsp3) is 0.250. The van der Waals surface area contributed by atoms with Crippen LogP contribution in [-0.2, 0) is 0 Å². The van der Waals surface area contributed by atoms with Crippen molar-refractivity contribution in [1.82, 2.24) is 4.98 Å². The summed E-state index contributed by atoms with van der Waals surface area (Å²) in [6.45, 7) is 1.79. The third-order valence-corrected chi connectivity index (χ3v) is 2.17. The Bertz CT molecular complexity index is 312. The summed E-state index contributed by atoms with van der Waals surface area (Å²) in [4.78, 5) is 15.1. The second-order valence-corrected chi connectivity index (χ2v) is 2.99. The summed E-state index contributed by atoms with van der Waals surface area (Å²) >= 11 is 3.10. The van der Waals surface area contributed by atoms with E-state index in [0.717, 1.165) is 5.56 Å². The van der Waals surface area contributed by atoms with Crippen LogP contribution in [0.25, 0.3) is 0 Å². The smallest absolute Gasteiger partial charge is 0.173 e. The minimum Gasteiger partial charge on any atom is -0.383 e. The number of alkyl halides is 1. The Morgan fingerprint density at radius 1 is 1.75 bits per heavy atom. The number of anilines is 1. The van der Waals surface area contributed by atoms with Gasteiger partial charge in [0.1, 0.15) is 5.82 Å². The molecule has 2 N–H and O–H groups in total. The van der Waals surface area contributed by atoms with Gasteiger partial charge in [-0.3, -0.25) is 4.79 Å². The first-order valence-corrected chi connectivity index (χ1v) is 4.59. The normalized spacial score (nSPS) is 9.83. The molecule has 3 nitrogen and oxygen atoms in total. The molecule has 1 heterocycles. The van der Waals surface area contributed by atoms with Gasteiger partial charge >= 0.3 is 0 Å². The van der Waals surface area contributed by atoms with E-state index < -0.39 is 0 Å². The van der Waals surface area contributed by atoms with E-state index in [-0.39, 0.29) is 5.78 Å². The Kier molecular flexibility index (Phi) is 2.81. The van der Waals surface area contributed by atoms with Gasteiger partial charge in [-0.25, -0.2) is 4.98 Å². The van der Waals surface area contributed by atoms with Crippen LogP contribution in [0.3, 0.4) is 0 Å². The number of hydrogen-bond donors (Lipinski definition) is 1. The maximum Gasteiger partial charge on any atom is 0.173 e. The largest absolute Gasteiger partial charge is 0.383 e. The van der Waals surface area contributed by atoms with E-state index in [4.69, 9.17) is 5.73 Å². The molecular weight excluding hydrogens is 220 g/mol. The van der Waals surface area contributed by atoms with Gasteiger partial charge in [-0.2, -0.15) is 0 Å². The number of nitrogens with two attached hydrogens (primary N) is 1. The number of aromatic nitrogens is 1. The highest BCUT2D eigenvalue weighted by atomic mass is 79.9. The van der Waals surface area contributed by atoms with Crippen molar-refractivity contribution in [3.8, 4) is 0 Å². The first-order chi connectivity index (χ1) is 5.66. The van der Waals surface area contributed by atoms with Crippen molar-refractivity contribution in [1.29, 1.82) is 0 Å². The number of pyridine rings is 1. The zero-order chi connectivity index (χ0) is 9.14. The average Bonchev–Trinajstić information content (AvgIpc) is 2.08. The molecule has 4 heteroatoms. The molecule has 0 fully saturated rings. The number of rotatable bonds is 2. The highest BCUT2D eigenvalue weighted by Gasteiger charge is 2.08. The topological polar surface area (TPSA) is 56.0 Å². The number of nitrogens with zero attached hydrogens (tertiary/aromatic N) is 1. The van der Waals surface area contributed by atoms with Gasteiger partial charge in [0.05, 0.1) is 5.33 Å². The molecule has 0 bridgehead atoms. The minimum absolute atomic E-state index is 0.0293. The molecule has 0 aromatic carbocycles. The Labute approximate surface area is 79.1 Å². The van der Waals surface area contributed by atoms with E-state index in [0.29, 0.717) is 16.7 Å². The van der Waals surface area contributed by atoms with Crippen LogP contribution in [0.2, 0.25) is 0 Å². The Morgan fingerprint density at radius 2 is 2.42 bits per heavy atom. The van der Waals surface area contributed by atoms with Gasteiger partial charge in [0.2, 0.25) is 0 Å². The number of carbonyl (C=O) groups excluding carboxylic acids is 1. The first kappa shape index (κ1) is 9.19. The summed E-state index contributed by atoms with van der Waals surface area (Å²) in [6.07, 6.45) is 1.54. The Morgan fingerprint density at radius 3 is 3.00 bits per heavy atom. The van der Waals surface area contributed by atoms with Crippen LogP contribution in [0, 0.1) is 6.92 Å². The van der Waals surface area contributed by atoms with Crippen molar-refractivity contribution in [3.05, 3.63) is 23.4 Å². The second kappa shape index (κ2) is 3.67. The minimum atomic E-state index is 0.0293. The number of Topliss-reactive ketones (excluding diaryl/α,β-unsaturated/α-hetero) is 1. The zero-order valence-electron chi connectivity index (χ0n) is 6.67. The summed E-state index contributed by atoms with van der Waals surface area (Å²) in [6, 6.07) is 1.68. The van der Waals surface area contributed by atoms with Crippen molar-refractivity contribution in [3.63, 3.8) is 0 Å². The number of hydrogen-bond acceptors (Lipinski definition) is 3. The second-order valence-electron chi connectivity index (χ2n) is 2.43. The van der Waals surface area contributed by atoms with Crippen LogP contribution in [0.5, 0.6) is 0 Å². The van der Waals surface area contributed by atoms with Gasteiger partial charge in [0.25, 0.3) is 0 Å². The average molecular weight is 229 g/mol. The molecule has 0 aliphatic rings. The van der Waals surface area contributed by atoms with E-state index in [1.807, 2.05) is 0 Å². The lowest BCUT2D eigenvalue weighted by atomic mass is 10.1. The maximum absolute atomic E-state index is 11.3. The van der Waals surface area contributed by atoms with Gasteiger partial charge in [-0.1, -0.05) is 15.9 Å². The van der Waals surface area contributed by atoms with Crippen molar-refractivity contribution >= 4 is 27.5 Å². The number of carbonyl (C=O) groups is 1. The SMILES string of the molecule is Cc1c(C(=O)CBr)ccnc1N. The highest BCUT2D eigenvalue weighted by molar-refractivity contribution is 9.09. The number of nitrogen functional groups attached to an aromatic ring is 1. The maximum atomic E-state index is 11.3. The first-order valence-electron chi connectivity index (χ1n) is 3.47. The van der Waals surface area contributed by atoms with Crippen molar-refractivity contribution in [2.75, 3.05) is 11.1 Å². The third kappa shape index (κ3) is 1.64. The van der Waals surface area contributed by atoms with Crippen LogP contribution in [0.4, 0.5) is 5.82 Å². The molecule has 0 saturated carbocycles. The highest BCUT2D eigenvalue weighted by Crippen LogP contribution is 2.13. The predicted octanol–water partition coefficient (Wildman–Crippen LogP) is 1.55. The Hall–Kier alpha value is -0.900. The molecule has 0 unspecified atom stereocenters. The molecular formula is C8H9BrN2O. The van der Waals surface area contributed by atoms with Crippen LogP contribution < -0.4 is 5.73 Å². The van der Waals surface area contributed by atoms with Crippen LogP contribution in [-0.4, -0.2) is 16.1 Å². The van der Waals surface area contributed by atoms with Crippen molar-refractivity contribution in [2.24, 2.45) is 0 Å². The molecule has 0 atom stereocenters. The van der Waals surface area contributed by atoms with E-state index in [2.05, 4.69) is 20.9 Å². The molecule has 0 aliphatic carbocycles. The molecule has 0 radical (unpaired) electrons. The summed E-state index contributed by atoms with van der Waals surface area (Å²) < 4.78 is 0.